The third-order valence-electron chi connectivity index (χ3n) is 3.14. The number of halogens is 2. The lowest BCUT2D eigenvalue weighted by Crippen LogP contribution is -2.40. The Morgan fingerprint density at radius 2 is 2.37 bits per heavy atom. The predicted octanol–water partition coefficient (Wildman–Crippen LogP) is -0.338. The molecule has 1 saturated heterocycles. The van der Waals surface area contributed by atoms with Crippen LogP contribution in [0.3, 0.4) is 0 Å². The molecule has 0 spiro atoms. The number of alkyl halides is 1. The molecule has 1 fully saturated rings. The van der Waals surface area contributed by atoms with Crippen molar-refractivity contribution in [3.8, 4) is 0 Å². The number of nitrogens with zero attached hydrogens (tertiary/aromatic N) is 2. The fourth-order valence-electron chi connectivity index (χ4n) is 1.94. The van der Waals surface area contributed by atoms with E-state index in [1.165, 1.54) is 0 Å². The summed E-state index contributed by atoms with van der Waals surface area (Å²) in [4.78, 5) is 14.9. The lowest BCUT2D eigenvalue weighted by atomic mass is 10.0. The van der Waals surface area contributed by atoms with E-state index in [4.69, 9.17) is 5.73 Å². The molecule has 3 atom stereocenters. The van der Waals surface area contributed by atoms with Crippen LogP contribution in [0.15, 0.2) is 11.0 Å². The van der Waals surface area contributed by atoms with Crippen molar-refractivity contribution in [3.63, 3.8) is 0 Å². The number of anilines is 1. The zero-order chi connectivity index (χ0) is 14.2. The van der Waals surface area contributed by atoms with Gasteiger partial charge in [0.1, 0.15) is 6.67 Å². The van der Waals surface area contributed by atoms with Crippen molar-refractivity contribution in [3.05, 3.63) is 22.5 Å². The van der Waals surface area contributed by atoms with Crippen LogP contribution in [-0.2, 0) is 0 Å². The molecule has 0 amide bonds. The fourth-order valence-corrected chi connectivity index (χ4v) is 3.42. The van der Waals surface area contributed by atoms with Gasteiger partial charge in [-0.1, -0.05) is 0 Å². The molecule has 0 unspecified atom stereocenters. The molecule has 1 aromatic rings. The third kappa shape index (κ3) is 2.33. The minimum absolute atomic E-state index is 0.0140. The Balaban J connectivity index is 2.36. The van der Waals surface area contributed by atoms with Crippen LogP contribution in [0.1, 0.15) is 11.8 Å². The van der Waals surface area contributed by atoms with Crippen molar-refractivity contribution >= 4 is 17.6 Å². The molecule has 1 aliphatic rings. The predicted molar refractivity (Wildman–Crippen MR) is 65.9 cm³/mol. The highest BCUT2D eigenvalue weighted by Gasteiger charge is 2.48. The zero-order valence-electron chi connectivity index (χ0n) is 9.79. The lowest BCUT2D eigenvalue weighted by Gasteiger charge is -2.25. The summed E-state index contributed by atoms with van der Waals surface area (Å²) in [6, 6.07) is 0. The normalized spacial score (nSPS) is 30.7. The van der Waals surface area contributed by atoms with E-state index in [1.54, 1.807) is 0 Å². The minimum atomic E-state index is -1.39. The van der Waals surface area contributed by atoms with Gasteiger partial charge >= 0.3 is 5.69 Å². The molecule has 2 rings (SSSR count). The standard InChI is InChI=1S/C10H13F2N3O3S/c11-3-10(4-16)6(17)1-7(19-10)15-2-5(12)8(13)14-9(15)18/h2,6-7,16-17H,1,3-4H2,(H2,13,14,18)/t6-,7+,10+/m0/s1. The number of nitrogens with two attached hydrogens (primary N) is 1. The van der Waals surface area contributed by atoms with Gasteiger partial charge in [-0.3, -0.25) is 4.57 Å². The molecule has 0 aromatic carbocycles. The minimum Gasteiger partial charge on any atom is -0.395 e. The number of hydrogen-bond donors (Lipinski definition) is 3. The van der Waals surface area contributed by atoms with Crippen molar-refractivity contribution < 1.29 is 19.0 Å². The molecular formula is C10H13F2N3O3S. The highest BCUT2D eigenvalue weighted by molar-refractivity contribution is 8.01. The van der Waals surface area contributed by atoms with Gasteiger partial charge in [-0.15, -0.1) is 11.8 Å². The molecule has 0 saturated carbocycles. The Hall–Kier alpha value is -1.19. The monoisotopic (exact) mass is 293 g/mol. The van der Waals surface area contributed by atoms with E-state index in [0.717, 1.165) is 22.5 Å². The third-order valence-corrected chi connectivity index (χ3v) is 4.81. The van der Waals surface area contributed by atoms with Gasteiger partial charge in [-0.05, 0) is 0 Å². The maximum absolute atomic E-state index is 13.3. The fraction of sp³-hybridized carbons (Fsp3) is 0.600. The van der Waals surface area contributed by atoms with Crippen LogP contribution >= 0.6 is 11.8 Å². The smallest absolute Gasteiger partial charge is 0.350 e. The molecule has 4 N–H and O–H groups in total. The van der Waals surface area contributed by atoms with Gasteiger partial charge in [-0.25, -0.2) is 13.6 Å². The Bertz CT molecular complexity index is 535. The molecule has 0 bridgehead atoms. The number of hydrogen-bond acceptors (Lipinski definition) is 6. The average Bonchev–Trinajstić information content (AvgIpc) is 2.71. The first-order valence-corrected chi connectivity index (χ1v) is 6.38. The van der Waals surface area contributed by atoms with Gasteiger partial charge < -0.3 is 15.9 Å². The highest BCUT2D eigenvalue weighted by Crippen LogP contribution is 2.48. The van der Waals surface area contributed by atoms with Crippen molar-refractivity contribution in [1.82, 2.24) is 9.55 Å². The van der Waals surface area contributed by atoms with Crippen LogP contribution in [-0.4, -0.2) is 43.9 Å². The van der Waals surface area contributed by atoms with E-state index < -0.39 is 46.8 Å². The number of rotatable bonds is 3. The molecule has 19 heavy (non-hydrogen) atoms. The molecule has 106 valence electrons. The van der Waals surface area contributed by atoms with Crippen LogP contribution < -0.4 is 11.4 Å². The van der Waals surface area contributed by atoms with Gasteiger partial charge in [-0.2, -0.15) is 4.98 Å². The van der Waals surface area contributed by atoms with Crippen molar-refractivity contribution in [2.45, 2.75) is 22.6 Å². The Kier molecular flexibility index (Phi) is 3.79. The van der Waals surface area contributed by atoms with Crippen LogP contribution in [0.2, 0.25) is 0 Å². The van der Waals surface area contributed by atoms with Gasteiger partial charge in [0.25, 0.3) is 0 Å². The van der Waals surface area contributed by atoms with Crippen LogP contribution in [0.5, 0.6) is 0 Å². The van der Waals surface area contributed by atoms with Gasteiger partial charge in [0, 0.05) is 12.6 Å². The van der Waals surface area contributed by atoms with Crippen LogP contribution in [0.4, 0.5) is 14.6 Å². The summed E-state index contributed by atoms with van der Waals surface area (Å²) in [5.41, 5.74) is 4.38. The van der Waals surface area contributed by atoms with Crippen molar-refractivity contribution in [2.24, 2.45) is 0 Å². The Morgan fingerprint density at radius 1 is 1.68 bits per heavy atom. The number of thioether (sulfide) groups is 1. The van der Waals surface area contributed by atoms with E-state index in [2.05, 4.69) is 4.98 Å². The summed E-state index contributed by atoms with van der Waals surface area (Å²) < 4.78 is 25.9. The number of nitrogen functional groups attached to an aromatic ring is 1. The molecule has 0 radical (unpaired) electrons. The quantitative estimate of drug-likeness (QED) is 0.705. The Labute approximate surface area is 111 Å². The summed E-state index contributed by atoms with van der Waals surface area (Å²) in [6.45, 7) is -1.53. The van der Waals surface area contributed by atoms with E-state index in [9.17, 15) is 23.8 Å². The number of aliphatic hydroxyl groups excluding tert-OH is 2. The van der Waals surface area contributed by atoms with E-state index >= 15 is 0 Å². The highest BCUT2D eigenvalue weighted by atomic mass is 32.2. The molecule has 9 heteroatoms. The largest absolute Gasteiger partial charge is 0.395 e. The van der Waals surface area contributed by atoms with Crippen LogP contribution in [0.25, 0.3) is 0 Å². The second-order valence-corrected chi connectivity index (χ2v) is 5.94. The average molecular weight is 293 g/mol. The van der Waals surface area contributed by atoms with Gasteiger partial charge in [0.15, 0.2) is 11.6 Å². The van der Waals surface area contributed by atoms with Crippen LogP contribution in [0, 0.1) is 5.82 Å². The molecule has 0 aliphatic carbocycles. The summed E-state index contributed by atoms with van der Waals surface area (Å²) >= 11 is 0.889. The first kappa shape index (κ1) is 14.2. The maximum atomic E-state index is 13.3. The Morgan fingerprint density at radius 3 is 2.89 bits per heavy atom. The molecular weight excluding hydrogens is 280 g/mol. The van der Waals surface area contributed by atoms with Crippen molar-refractivity contribution in [1.29, 1.82) is 0 Å². The van der Waals surface area contributed by atoms with E-state index in [-0.39, 0.29) is 6.42 Å². The van der Waals surface area contributed by atoms with Crippen molar-refractivity contribution in [2.75, 3.05) is 19.0 Å². The maximum Gasteiger partial charge on any atom is 0.350 e. The van der Waals surface area contributed by atoms with Gasteiger partial charge in [0.05, 0.1) is 22.8 Å². The molecule has 2 heterocycles. The topological polar surface area (TPSA) is 101 Å². The van der Waals surface area contributed by atoms with Gasteiger partial charge in [0.2, 0.25) is 0 Å². The summed E-state index contributed by atoms with van der Waals surface area (Å²) in [6.07, 6.45) is -0.245. The second-order valence-electron chi connectivity index (χ2n) is 4.34. The summed E-state index contributed by atoms with van der Waals surface area (Å²) in [7, 11) is 0. The molecule has 1 aliphatic heterocycles. The zero-order valence-corrected chi connectivity index (χ0v) is 10.6. The molecule has 6 nitrogen and oxygen atoms in total. The SMILES string of the molecule is Nc1nc(=O)n([C@H]2C[C@H](O)[C@](CO)(CF)S2)cc1F. The number of aliphatic hydroxyl groups is 2. The lowest BCUT2D eigenvalue weighted by molar-refractivity contribution is 0.0768. The summed E-state index contributed by atoms with van der Waals surface area (Å²) in [5.74, 6) is -1.37. The first-order chi connectivity index (χ1) is 8.93. The van der Waals surface area contributed by atoms with E-state index in [1.807, 2.05) is 0 Å². The molecule has 1 aromatic heterocycles. The van der Waals surface area contributed by atoms with E-state index in [0.29, 0.717) is 0 Å². The second kappa shape index (κ2) is 5.06. The summed E-state index contributed by atoms with van der Waals surface area (Å²) in [5, 5.41) is 18.3. The number of aromatic nitrogens is 2. The first-order valence-electron chi connectivity index (χ1n) is 5.50.